The number of rotatable bonds is 10. The molecule has 1 unspecified atom stereocenters. The van der Waals surface area contributed by atoms with E-state index in [4.69, 9.17) is 4.74 Å². The minimum absolute atomic E-state index is 0.0139. The predicted molar refractivity (Wildman–Crippen MR) is 143 cm³/mol. The Labute approximate surface area is 212 Å². The van der Waals surface area contributed by atoms with Crippen molar-refractivity contribution in [3.05, 3.63) is 65.2 Å². The number of hydrogen-bond donors (Lipinski definition) is 1. The number of ether oxygens (including phenoxy) is 1. The number of aliphatic imine (C=N–C) groups is 1. The maximum atomic E-state index is 12.9. The second-order valence-corrected chi connectivity index (χ2v) is 11.2. The Hall–Kier alpha value is -2.62. The number of amides is 1. The van der Waals surface area contributed by atoms with Gasteiger partial charge in [0, 0.05) is 24.4 Å². The van der Waals surface area contributed by atoms with E-state index in [1.54, 1.807) is 44.4 Å². The average Bonchev–Trinajstić information content (AvgIpc) is 3.32. The summed E-state index contributed by atoms with van der Waals surface area (Å²) in [6.45, 7) is 6.66. The van der Waals surface area contributed by atoms with Gasteiger partial charge in [0.05, 0.1) is 18.0 Å². The van der Waals surface area contributed by atoms with Gasteiger partial charge in [0.15, 0.2) is 5.17 Å². The molecule has 7 nitrogen and oxygen atoms in total. The molecule has 1 aliphatic heterocycles. The number of thioether (sulfide) groups is 1. The number of nitrogens with one attached hydrogen (secondary N) is 1. The van der Waals surface area contributed by atoms with Gasteiger partial charge in [0.1, 0.15) is 5.75 Å². The number of methoxy groups -OCH3 is 1. The SMILES string of the molecule is CCCN(CCC)S(=O)(=O)c1ccc(/C=C(\C)C(=O)NC2=NC(c3ccc(OC)cc3)CS2)cc1. The molecular weight excluding hydrogens is 482 g/mol. The normalized spacial score (nSPS) is 16.3. The molecule has 0 saturated heterocycles. The Morgan fingerprint density at radius 2 is 1.74 bits per heavy atom. The molecule has 35 heavy (non-hydrogen) atoms. The van der Waals surface area contributed by atoms with Crippen LogP contribution in [-0.2, 0) is 14.8 Å². The lowest BCUT2D eigenvalue weighted by Crippen LogP contribution is -2.32. The number of carbonyl (C=O) groups excluding carboxylic acids is 1. The molecule has 0 bridgehead atoms. The maximum absolute atomic E-state index is 12.9. The number of sulfonamides is 1. The summed E-state index contributed by atoms with van der Waals surface area (Å²) in [6, 6.07) is 14.4. The molecule has 188 valence electrons. The van der Waals surface area contributed by atoms with Crippen LogP contribution in [0.4, 0.5) is 0 Å². The summed E-state index contributed by atoms with van der Waals surface area (Å²) in [5, 5.41) is 3.47. The van der Waals surface area contributed by atoms with E-state index in [2.05, 4.69) is 10.3 Å². The van der Waals surface area contributed by atoms with Gasteiger partial charge in [-0.3, -0.25) is 9.79 Å². The largest absolute Gasteiger partial charge is 0.497 e. The minimum atomic E-state index is -3.53. The van der Waals surface area contributed by atoms with Gasteiger partial charge < -0.3 is 10.1 Å². The lowest BCUT2D eigenvalue weighted by molar-refractivity contribution is -0.116. The smallest absolute Gasteiger partial charge is 0.252 e. The molecule has 0 fully saturated rings. The van der Waals surface area contributed by atoms with Crippen molar-refractivity contribution in [2.75, 3.05) is 26.0 Å². The van der Waals surface area contributed by atoms with E-state index in [-0.39, 0.29) is 16.8 Å². The zero-order chi connectivity index (χ0) is 25.4. The van der Waals surface area contributed by atoms with Crippen molar-refractivity contribution in [3.63, 3.8) is 0 Å². The van der Waals surface area contributed by atoms with E-state index in [9.17, 15) is 13.2 Å². The van der Waals surface area contributed by atoms with Crippen LogP contribution in [0, 0.1) is 0 Å². The summed E-state index contributed by atoms with van der Waals surface area (Å²) >= 11 is 1.51. The first-order chi connectivity index (χ1) is 16.8. The first kappa shape index (κ1) is 27.0. The number of amidine groups is 1. The van der Waals surface area contributed by atoms with E-state index in [1.165, 1.54) is 16.1 Å². The van der Waals surface area contributed by atoms with Gasteiger partial charge in [-0.15, -0.1) is 0 Å². The maximum Gasteiger partial charge on any atom is 0.252 e. The van der Waals surface area contributed by atoms with Crippen LogP contribution in [0.3, 0.4) is 0 Å². The van der Waals surface area contributed by atoms with Crippen LogP contribution in [0.15, 0.2) is 64.0 Å². The molecule has 9 heteroatoms. The van der Waals surface area contributed by atoms with E-state index in [0.717, 1.165) is 35.5 Å². The zero-order valence-electron chi connectivity index (χ0n) is 20.7. The van der Waals surface area contributed by atoms with Crippen molar-refractivity contribution >= 4 is 38.9 Å². The Kier molecular flexibility index (Phi) is 9.54. The van der Waals surface area contributed by atoms with Crippen molar-refractivity contribution < 1.29 is 17.9 Å². The van der Waals surface area contributed by atoms with Crippen LogP contribution in [0.25, 0.3) is 6.08 Å². The standard InChI is InChI=1S/C26H33N3O4S2/c1-5-15-29(16-6-2)35(31,32)23-13-7-20(8-14-23)17-19(3)25(30)28-26-27-24(18-34-26)21-9-11-22(33-4)12-10-21/h7-14,17,24H,5-6,15-16,18H2,1-4H3,(H,27,28,30)/b19-17+. The highest BCUT2D eigenvalue weighted by Crippen LogP contribution is 2.30. The topological polar surface area (TPSA) is 88.1 Å². The summed E-state index contributed by atoms with van der Waals surface area (Å²) in [7, 11) is -1.90. The quantitative estimate of drug-likeness (QED) is 0.456. The minimum Gasteiger partial charge on any atom is -0.497 e. The molecule has 2 aromatic carbocycles. The third-order valence-corrected chi connectivity index (χ3v) is 8.45. The van der Waals surface area contributed by atoms with E-state index in [0.29, 0.717) is 23.8 Å². The Morgan fingerprint density at radius 3 is 2.31 bits per heavy atom. The van der Waals surface area contributed by atoms with Gasteiger partial charge in [-0.25, -0.2) is 8.42 Å². The van der Waals surface area contributed by atoms with E-state index in [1.807, 2.05) is 38.1 Å². The summed E-state index contributed by atoms with van der Waals surface area (Å²) < 4.78 is 32.6. The van der Waals surface area contributed by atoms with Crippen LogP contribution in [0.1, 0.15) is 50.8 Å². The highest BCUT2D eigenvalue weighted by Gasteiger charge is 2.23. The van der Waals surface area contributed by atoms with Gasteiger partial charge in [0.25, 0.3) is 5.91 Å². The van der Waals surface area contributed by atoms with Crippen molar-refractivity contribution in [1.29, 1.82) is 0 Å². The monoisotopic (exact) mass is 515 g/mol. The van der Waals surface area contributed by atoms with Gasteiger partial charge in [-0.1, -0.05) is 49.9 Å². The number of nitrogens with zero attached hydrogens (tertiary/aromatic N) is 2. The lowest BCUT2D eigenvalue weighted by Gasteiger charge is -2.21. The molecular formula is C26H33N3O4S2. The Bertz CT molecular complexity index is 1170. The molecule has 1 atom stereocenters. The second kappa shape index (κ2) is 12.4. The molecule has 0 aromatic heterocycles. The van der Waals surface area contributed by atoms with Gasteiger partial charge in [0.2, 0.25) is 10.0 Å². The average molecular weight is 516 g/mol. The lowest BCUT2D eigenvalue weighted by atomic mass is 10.1. The van der Waals surface area contributed by atoms with Crippen molar-refractivity contribution in [2.45, 2.75) is 44.6 Å². The first-order valence-corrected chi connectivity index (χ1v) is 14.2. The molecule has 1 aliphatic rings. The van der Waals surface area contributed by atoms with Crippen LogP contribution in [0.2, 0.25) is 0 Å². The highest BCUT2D eigenvalue weighted by molar-refractivity contribution is 8.14. The molecule has 1 amide bonds. The van der Waals surface area contributed by atoms with Crippen molar-refractivity contribution in [3.8, 4) is 5.75 Å². The predicted octanol–water partition coefficient (Wildman–Crippen LogP) is 4.87. The summed E-state index contributed by atoms with van der Waals surface area (Å²) in [5.41, 5.74) is 2.34. The first-order valence-electron chi connectivity index (χ1n) is 11.7. The van der Waals surface area contributed by atoms with Crippen LogP contribution >= 0.6 is 11.8 Å². The number of hydrogen-bond acceptors (Lipinski definition) is 6. The van der Waals surface area contributed by atoms with Gasteiger partial charge in [-0.05, 0) is 61.2 Å². The molecule has 0 spiro atoms. The molecule has 0 saturated carbocycles. The highest BCUT2D eigenvalue weighted by atomic mass is 32.2. The fourth-order valence-corrected chi connectivity index (χ4v) is 6.26. The van der Waals surface area contributed by atoms with Gasteiger partial charge in [-0.2, -0.15) is 4.31 Å². The molecule has 1 N–H and O–H groups in total. The fourth-order valence-electron chi connectivity index (χ4n) is 3.69. The number of carbonyl (C=O) groups is 1. The Balaban J connectivity index is 1.65. The molecule has 1 heterocycles. The van der Waals surface area contributed by atoms with Crippen molar-refractivity contribution in [2.24, 2.45) is 4.99 Å². The third-order valence-electron chi connectivity index (χ3n) is 5.58. The molecule has 3 rings (SSSR count). The summed E-state index contributed by atoms with van der Waals surface area (Å²) in [4.78, 5) is 17.6. The van der Waals surface area contributed by atoms with E-state index >= 15 is 0 Å². The molecule has 0 radical (unpaired) electrons. The summed E-state index contributed by atoms with van der Waals surface area (Å²) in [6.07, 6.45) is 3.26. The summed E-state index contributed by atoms with van der Waals surface area (Å²) in [5.74, 6) is 1.32. The number of benzene rings is 2. The van der Waals surface area contributed by atoms with Crippen LogP contribution < -0.4 is 10.1 Å². The Morgan fingerprint density at radius 1 is 1.11 bits per heavy atom. The third kappa shape index (κ3) is 6.96. The van der Waals surface area contributed by atoms with Crippen LogP contribution in [0.5, 0.6) is 5.75 Å². The van der Waals surface area contributed by atoms with Gasteiger partial charge >= 0.3 is 0 Å². The molecule has 0 aliphatic carbocycles. The second-order valence-electron chi connectivity index (χ2n) is 8.29. The fraction of sp³-hybridized carbons (Fsp3) is 0.385. The molecule has 2 aromatic rings. The van der Waals surface area contributed by atoms with E-state index < -0.39 is 10.0 Å². The zero-order valence-corrected chi connectivity index (χ0v) is 22.3. The van der Waals surface area contributed by atoms with Crippen molar-refractivity contribution in [1.82, 2.24) is 9.62 Å². The van der Waals surface area contributed by atoms with Crippen LogP contribution in [-0.4, -0.2) is 49.8 Å².